The van der Waals surface area contributed by atoms with Crippen LogP contribution in [0.25, 0.3) is 11.1 Å². The molecule has 0 bridgehead atoms. The van der Waals surface area contributed by atoms with Gasteiger partial charge in [0.1, 0.15) is 5.82 Å². The number of hydrogen-bond donors (Lipinski definition) is 2. The lowest BCUT2D eigenvalue weighted by Gasteiger charge is -2.21. The number of halogens is 2. The molecule has 7 nitrogen and oxygen atoms in total. The van der Waals surface area contributed by atoms with E-state index in [0.29, 0.717) is 46.1 Å². The summed E-state index contributed by atoms with van der Waals surface area (Å²) in [6, 6.07) is 11.7. The van der Waals surface area contributed by atoms with Crippen LogP contribution in [0.4, 0.5) is 0 Å². The molecule has 3 aromatic rings. The van der Waals surface area contributed by atoms with Crippen molar-refractivity contribution in [2.45, 2.75) is 44.7 Å². The molecule has 3 atom stereocenters. The molecule has 37 heavy (non-hydrogen) atoms. The maximum Gasteiger partial charge on any atom is 0.220 e. The molecule has 2 N–H and O–H groups in total. The lowest BCUT2D eigenvalue weighted by molar-refractivity contribution is -0.121. The van der Waals surface area contributed by atoms with Gasteiger partial charge in [-0.3, -0.25) is 4.79 Å². The molecule has 0 radical (unpaired) electrons. The Labute approximate surface area is 227 Å². The average molecular weight is 543 g/mol. The van der Waals surface area contributed by atoms with Gasteiger partial charge in [-0.1, -0.05) is 35.3 Å². The maximum absolute atomic E-state index is 12.6. The number of rotatable bonds is 10. The quantitative estimate of drug-likeness (QED) is 0.369. The van der Waals surface area contributed by atoms with Crippen LogP contribution in [-0.2, 0) is 17.6 Å². The third kappa shape index (κ3) is 7.12. The molecule has 1 aliphatic heterocycles. The minimum Gasteiger partial charge on any atom is -0.493 e. The summed E-state index contributed by atoms with van der Waals surface area (Å²) in [6.07, 6.45) is 6.25. The highest BCUT2D eigenvalue weighted by molar-refractivity contribution is 6.42. The number of ether oxygens (including phenoxy) is 2. The first-order valence-corrected chi connectivity index (χ1v) is 13.1. The number of nitrogens with one attached hydrogen (secondary N) is 2. The normalized spacial score (nSPS) is 17.9. The molecule has 2 heterocycles. The highest BCUT2D eigenvalue weighted by Gasteiger charge is 2.29. The van der Waals surface area contributed by atoms with Crippen molar-refractivity contribution in [2.75, 3.05) is 20.8 Å². The largest absolute Gasteiger partial charge is 0.493 e. The van der Waals surface area contributed by atoms with Crippen LogP contribution in [0.1, 0.15) is 31.2 Å². The van der Waals surface area contributed by atoms with Gasteiger partial charge in [0.15, 0.2) is 11.5 Å². The molecule has 0 spiro atoms. The summed E-state index contributed by atoms with van der Waals surface area (Å²) in [6.45, 7) is 2.96. The molecular weight excluding hydrogens is 511 g/mol. The van der Waals surface area contributed by atoms with Gasteiger partial charge in [0.05, 0.1) is 24.3 Å². The number of aryl methyl sites for hydroxylation is 1. The summed E-state index contributed by atoms with van der Waals surface area (Å²) in [5, 5.41) is 7.84. The van der Waals surface area contributed by atoms with E-state index in [0.717, 1.165) is 30.5 Å². The Bertz CT molecular complexity index is 1220. The fraction of sp³-hybridized carbons (Fsp3) is 0.393. The van der Waals surface area contributed by atoms with Crippen LogP contribution in [-0.4, -0.2) is 48.7 Å². The third-order valence-electron chi connectivity index (χ3n) is 6.75. The van der Waals surface area contributed by atoms with Crippen molar-refractivity contribution in [3.63, 3.8) is 0 Å². The fourth-order valence-corrected chi connectivity index (χ4v) is 5.00. The first kappa shape index (κ1) is 27.2. The first-order valence-electron chi connectivity index (χ1n) is 12.4. The summed E-state index contributed by atoms with van der Waals surface area (Å²) in [4.78, 5) is 21.5. The van der Waals surface area contributed by atoms with Gasteiger partial charge in [-0.05, 0) is 67.6 Å². The first-order chi connectivity index (χ1) is 17.9. The highest BCUT2D eigenvalue weighted by Crippen LogP contribution is 2.32. The van der Waals surface area contributed by atoms with E-state index in [-0.39, 0.29) is 18.0 Å². The summed E-state index contributed by atoms with van der Waals surface area (Å²) < 4.78 is 10.7. The molecule has 1 aromatic heterocycles. The predicted octanol–water partition coefficient (Wildman–Crippen LogP) is 5.13. The second kappa shape index (κ2) is 12.6. The van der Waals surface area contributed by atoms with Crippen molar-refractivity contribution in [3.8, 4) is 22.6 Å². The Morgan fingerprint density at radius 3 is 2.51 bits per heavy atom. The molecular formula is C28H32Cl2N4O3. The predicted molar refractivity (Wildman–Crippen MR) is 147 cm³/mol. The zero-order valence-electron chi connectivity index (χ0n) is 21.3. The Kier molecular flexibility index (Phi) is 9.24. The second-order valence-corrected chi connectivity index (χ2v) is 10.2. The summed E-state index contributed by atoms with van der Waals surface area (Å²) in [5.74, 6) is 2.42. The van der Waals surface area contributed by atoms with Gasteiger partial charge in [0, 0.05) is 42.9 Å². The number of nitrogens with zero attached hydrogens (tertiary/aromatic N) is 2. The number of carbonyl (C=O) groups excluding carboxylic acids is 1. The fourth-order valence-electron chi connectivity index (χ4n) is 4.68. The van der Waals surface area contributed by atoms with E-state index >= 15 is 0 Å². The minimum atomic E-state index is -0.00481. The Hall–Kier alpha value is -2.87. The van der Waals surface area contributed by atoms with Gasteiger partial charge in [0.2, 0.25) is 5.91 Å². The third-order valence-corrected chi connectivity index (χ3v) is 7.49. The van der Waals surface area contributed by atoms with Crippen molar-refractivity contribution in [3.05, 3.63) is 70.2 Å². The SMILES string of the molecule is COc1ccc(-c2cnc(CCC(=O)NC(C)[C@@H]3C[C@@H](Cc4ccc(Cl)c(Cl)c4)CN3)nc2)cc1OC. The van der Waals surface area contributed by atoms with Gasteiger partial charge in [-0.2, -0.15) is 0 Å². The molecule has 1 saturated heterocycles. The van der Waals surface area contributed by atoms with Crippen molar-refractivity contribution in [1.82, 2.24) is 20.6 Å². The van der Waals surface area contributed by atoms with E-state index in [2.05, 4.69) is 20.6 Å². The van der Waals surface area contributed by atoms with Crippen LogP contribution >= 0.6 is 23.2 Å². The van der Waals surface area contributed by atoms with E-state index in [4.69, 9.17) is 32.7 Å². The molecule has 2 aromatic carbocycles. The van der Waals surface area contributed by atoms with E-state index in [1.165, 1.54) is 5.56 Å². The lowest BCUT2D eigenvalue weighted by Crippen LogP contribution is -2.45. The number of carbonyl (C=O) groups is 1. The highest BCUT2D eigenvalue weighted by atomic mass is 35.5. The second-order valence-electron chi connectivity index (χ2n) is 9.38. The van der Waals surface area contributed by atoms with Crippen molar-refractivity contribution in [2.24, 2.45) is 5.92 Å². The summed E-state index contributed by atoms with van der Waals surface area (Å²) >= 11 is 12.2. The van der Waals surface area contributed by atoms with E-state index in [1.807, 2.05) is 43.3 Å². The summed E-state index contributed by atoms with van der Waals surface area (Å²) in [7, 11) is 3.21. The lowest BCUT2D eigenvalue weighted by atomic mass is 9.95. The number of benzene rings is 2. The van der Waals surface area contributed by atoms with Gasteiger partial charge < -0.3 is 20.1 Å². The van der Waals surface area contributed by atoms with Gasteiger partial charge in [-0.15, -0.1) is 0 Å². The van der Waals surface area contributed by atoms with Crippen LogP contribution in [0.2, 0.25) is 10.0 Å². The standard InChI is InChI=1S/C28H32Cl2N4O3/c1-17(24-12-19(14-31-24)10-18-4-6-22(29)23(30)11-18)34-28(35)9-8-27-32-15-21(16-33-27)20-5-7-25(36-2)26(13-20)37-3/h4-7,11,13,15-17,19,24,31H,8-10,12,14H2,1-3H3,(H,34,35)/t17?,19-,24+/m1/s1. The molecule has 1 fully saturated rings. The Balaban J connectivity index is 1.23. The molecule has 1 unspecified atom stereocenters. The van der Waals surface area contributed by atoms with Crippen LogP contribution in [0.3, 0.4) is 0 Å². The Morgan fingerprint density at radius 1 is 1.05 bits per heavy atom. The monoisotopic (exact) mass is 542 g/mol. The van der Waals surface area contributed by atoms with Crippen LogP contribution in [0.15, 0.2) is 48.8 Å². The summed E-state index contributed by atoms with van der Waals surface area (Å²) in [5.41, 5.74) is 2.97. The van der Waals surface area contributed by atoms with Crippen molar-refractivity contribution < 1.29 is 14.3 Å². The molecule has 1 aliphatic rings. The number of hydrogen-bond acceptors (Lipinski definition) is 6. The van der Waals surface area contributed by atoms with Crippen molar-refractivity contribution >= 4 is 29.1 Å². The molecule has 0 aliphatic carbocycles. The smallest absolute Gasteiger partial charge is 0.220 e. The molecule has 4 rings (SSSR count). The van der Waals surface area contributed by atoms with E-state index in [9.17, 15) is 4.79 Å². The number of methoxy groups -OCH3 is 2. The molecule has 1 amide bonds. The average Bonchev–Trinajstić information content (AvgIpc) is 3.38. The van der Waals surface area contributed by atoms with Gasteiger partial charge >= 0.3 is 0 Å². The van der Waals surface area contributed by atoms with Gasteiger partial charge in [-0.25, -0.2) is 9.97 Å². The number of amides is 1. The zero-order valence-corrected chi connectivity index (χ0v) is 22.8. The zero-order chi connectivity index (χ0) is 26.4. The van der Waals surface area contributed by atoms with Gasteiger partial charge in [0.25, 0.3) is 0 Å². The Morgan fingerprint density at radius 2 is 1.81 bits per heavy atom. The van der Waals surface area contributed by atoms with Crippen LogP contribution in [0, 0.1) is 5.92 Å². The van der Waals surface area contributed by atoms with Crippen LogP contribution < -0.4 is 20.1 Å². The molecule has 0 saturated carbocycles. The molecule has 196 valence electrons. The number of aromatic nitrogens is 2. The minimum absolute atomic E-state index is 0.00481. The van der Waals surface area contributed by atoms with Crippen molar-refractivity contribution in [1.29, 1.82) is 0 Å². The maximum atomic E-state index is 12.6. The van der Waals surface area contributed by atoms with Crippen LogP contribution in [0.5, 0.6) is 11.5 Å². The van der Waals surface area contributed by atoms with E-state index in [1.54, 1.807) is 26.6 Å². The van der Waals surface area contributed by atoms with E-state index < -0.39 is 0 Å². The topological polar surface area (TPSA) is 85.4 Å². The molecule has 9 heteroatoms.